The number of ether oxygens (including phenoxy) is 1. The van der Waals surface area contributed by atoms with Crippen LogP contribution >= 0.6 is 0 Å². The first-order valence-electron chi connectivity index (χ1n) is 10.1. The molecule has 0 aromatic heterocycles. The molecule has 13 heteroatoms. The second-order valence-electron chi connectivity index (χ2n) is 6.48. The van der Waals surface area contributed by atoms with Crippen molar-refractivity contribution in [3.05, 3.63) is 30.3 Å². The summed E-state index contributed by atoms with van der Waals surface area (Å²) in [7, 11) is -1.87. The van der Waals surface area contributed by atoms with Crippen LogP contribution in [0.2, 0.25) is 0 Å². The van der Waals surface area contributed by atoms with E-state index < -0.39 is 21.8 Å². The molecule has 5 N–H and O–H groups in total. The largest absolute Gasteiger partial charge is 0.473 e. The minimum atomic E-state index is -3.43. The summed E-state index contributed by atoms with van der Waals surface area (Å²) in [5.74, 6) is -3.77. The lowest BCUT2D eigenvalue weighted by atomic mass is 10.4. The highest BCUT2D eigenvalue weighted by Gasteiger charge is 2.19. The summed E-state index contributed by atoms with van der Waals surface area (Å²) in [5, 5.41) is 17.6. The molecule has 12 nitrogen and oxygen atoms in total. The first-order valence-corrected chi connectivity index (χ1v) is 11.7. The number of likely N-dealkylation sites (N-methyl/N-ethyl adjacent to an activating group) is 1. The van der Waals surface area contributed by atoms with Crippen molar-refractivity contribution in [1.82, 2.24) is 15.1 Å². The van der Waals surface area contributed by atoms with Gasteiger partial charge in [-0.25, -0.2) is 22.8 Å². The standard InChI is InChI=1S/C18H31N3O4S.C2H2O4.H2O/c1-4-20(5-2)12-11-19-18(22)21(13-15-25-3)14-16-26(23,24)17-9-7-6-8-10-17;3-1(4)2(5)6;/h6-10H,4-5,11-16H2,1-3H3,(H,19,22);(H,3,4)(H,5,6);1H2. The quantitative estimate of drug-likeness (QED) is 0.331. The van der Waals surface area contributed by atoms with E-state index in [1.54, 1.807) is 37.4 Å². The van der Waals surface area contributed by atoms with Gasteiger partial charge in [-0.15, -0.1) is 0 Å². The molecular weight excluding hydrogens is 458 g/mol. The smallest absolute Gasteiger partial charge is 0.414 e. The minimum absolute atomic E-state index is 0. The number of benzene rings is 1. The number of amides is 2. The number of rotatable bonds is 12. The highest BCUT2D eigenvalue weighted by Crippen LogP contribution is 2.10. The molecule has 2 amide bonds. The Labute approximate surface area is 194 Å². The van der Waals surface area contributed by atoms with Gasteiger partial charge in [0.2, 0.25) is 0 Å². The third-order valence-corrected chi connectivity index (χ3v) is 6.08. The number of urea groups is 1. The lowest BCUT2D eigenvalue weighted by Gasteiger charge is -2.24. The number of aliphatic carboxylic acids is 2. The molecule has 0 aliphatic carbocycles. The highest BCUT2D eigenvalue weighted by molar-refractivity contribution is 7.91. The topological polar surface area (TPSA) is 185 Å². The van der Waals surface area contributed by atoms with Gasteiger partial charge in [0.15, 0.2) is 9.84 Å². The van der Waals surface area contributed by atoms with Crippen LogP contribution in [0.15, 0.2) is 35.2 Å². The summed E-state index contributed by atoms with van der Waals surface area (Å²) in [4.78, 5) is 34.6. The zero-order valence-electron chi connectivity index (χ0n) is 19.2. The van der Waals surface area contributed by atoms with Gasteiger partial charge in [0, 0.05) is 33.3 Å². The molecular formula is C20H35N3O9S. The highest BCUT2D eigenvalue weighted by atomic mass is 32.2. The summed E-state index contributed by atoms with van der Waals surface area (Å²) < 4.78 is 29.9. The molecule has 0 saturated carbocycles. The summed E-state index contributed by atoms with van der Waals surface area (Å²) in [6, 6.07) is 8.02. The maximum absolute atomic E-state index is 12.4. The second-order valence-corrected chi connectivity index (χ2v) is 8.59. The van der Waals surface area contributed by atoms with Crippen LogP contribution in [0, 0.1) is 0 Å². The number of nitrogens with one attached hydrogen (secondary N) is 1. The van der Waals surface area contributed by atoms with Crippen molar-refractivity contribution in [2.24, 2.45) is 0 Å². The monoisotopic (exact) mass is 493 g/mol. The average Bonchev–Trinajstić information content (AvgIpc) is 2.77. The average molecular weight is 494 g/mol. The maximum Gasteiger partial charge on any atom is 0.414 e. The molecule has 0 aliphatic heterocycles. The predicted molar refractivity (Wildman–Crippen MR) is 122 cm³/mol. The number of carbonyl (C=O) groups excluding carboxylic acids is 1. The molecule has 0 aliphatic rings. The number of carboxylic acid groups (broad SMARTS) is 2. The van der Waals surface area contributed by atoms with E-state index in [0.717, 1.165) is 19.6 Å². The van der Waals surface area contributed by atoms with Gasteiger partial charge >= 0.3 is 18.0 Å². The van der Waals surface area contributed by atoms with Crippen molar-refractivity contribution in [2.75, 3.05) is 58.7 Å². The first kappa shape index (κ1) is 32.4. The van der Waals surface area contributed by atoms with Gasteiger partial charge in [-0.05, 0) is 25.2 Å². The van der Waals surface area contributed by atoms with E-state index >= 15 is 0 Å². The SMILES string of the molecule is CCN(CC)CCNC(=O)N(CCOC)CCS(=O)(=O)c1ccccc1.O.O=C(O)C(=O)O. The van der Waals surface area contributed by atoms with Crippen LogP contribution in [0.1, 0.15) is 13.8 Å². The van der Waals surface area contributed by atoms with E-state index in [1.165, 1.54) is 4.90 Å². The van der Waals surface area contributed by atoms with Crippen LogP contribution in [0.3, 0.4) is 0 Å². The number of hydrogen-bond acceptors (Lipinski definition) is 7. The summed E-state index contributed by atoms with van der Waals surface area (Å²) in [6.07, 6.45) is 0. The third kappa shape index (κ3) is 14.1. The van der Waals surface area contributed by atoms with Gasteiger partial charge in [-0.2, -0.15) is 0 Å². The second kappa shape index (κ2) is 17.8. The van der Waals surface area contributed by atoms with Crippen LogP contribution in [0.25, 0.3) is 0 Å². The van der Waals surface area contributed by atoms with Crippen LogP contribution in [-0.2, 0) is 24.2 Å². The van der Waals surface area contributed by atoms with Crippen molar-refractivity contribution in [2.45, 2.75) is 18.7 Å². The van der Waals surface area contributed by atoms with E-state index in [0.29, 0.717) is 19.7 Å². The number of hydrogen-bond donors (Lipinski definition) is 3. The van der Waals surface area contributed by atoms with E-state index in [9.17, 15) is 13.2 Å². The number of sulfone groups is 1. The lowest BCUT2D eigenvalue weighted by Crippen LogP contribution is -2.46. The molecule has 190 valence electrons. The number of carbonyl (C=O) groups is 3. The molecule has 0 saturated heterocycles. The Kier molecular flexibility index (Phi) is 17.5. The molecule has 0 bridgehead atoms. The fourth-order valence-corrected chi connectivity index (χ4v) is 3.73. The number of nitrogens with zero attached hydrogens (tertiary/aromatic N) is 2. The van der Waals surface area contributed by atoms with Crippen molar-refractivity contribution < 1.29 is 43.2 Å². The normalized spacial score (nSPS) is 10.4. The summed E-state index contributed by atoms with van der Waals surface area (Å²) >= 11 is 0. The third-order valence-electron chi connectivity index (χ3n) is 4.37. The van der Waals surface area contributed by atoms with Gasteiger partial charge in [-0.3, -0.25) is 0 Å². The van der Waals surface area contributed by atoms with Crippen LogP contribution in [-0.4, -0.2) is 111 Å². The molecule has 0 unspecified atom stereocenters. The Morgan fingerprint density at radius 1 is 0.970 bits per heavy atom. The Morgan fingerprint density at radius 2 is 1.52 bits per heavy atom. The van der Waals surface area contributed by atoms with E-state index in [1.807, 2.05) is 0 Å². The molecule has 1 aromatic carbocycles. The van der Waals surface area contributed by atoms with Gasteiger partial charge in [0.1, 0.15) is 0 Å². The van der Waals surface area contributed by atoms with Gasteiger partial charge in [0.05, 0.1) is 17.3 Å². The zero-order chi connectivity index (χ0) is 24.6. The molecule has 1 rings (SSSR count). The van der Waals surface area contributed by atoms with Gasteiger partial charge in [-0.1, -0.05) is 32.0 Å². The number of carboxylic acids is 2. The molecule has 1 aromatic rings. The van der Waals surface area contributed by atoms with Crippen molar-refractivity contribution in [3.63, 3.8) is 0 Å². The Morgan fingerprint density at radius 3 is 1.97 bits per heavy atom. The van der Waals surface area contributed by atoms with Crippen LogP contribution < -0.4 is 5.32 Å². The Hall–Kier alpha value is -2.74. The summed E-state index contributed by atoms with van der Waals surface area (Å²) in [6.45, 7) is 8.11. The Bertz CT molecular complexity index is 788. The van der Waals surface area contributed by atoms with Crippen LogP contribution in [0.4, 0.5) is 4.79 Å². The van der Waals surface area contributed by atoms with Gasteiger partial charge < -0.3 is 35.5 Å². The molecule has 0 radical (unpaired) electrons. The lowest BCUT2D eigenvalue weighted by molar-refractivity contribution is -0.159. The Balaban J connectivity index is 0. The molecule has 0 fully saturated rings. The maximum atomic E-state index is 12.4. The first-order chi connectivity index (χ1) is 15.1. The van der Waals surface area contributed by atoms with E-state index in [2.05, 4.69) is 24.1 Å². The molecule has 33 heavy (non-hydrogen) atoms. The van der Waals surface area contributed by atoms with E-state index in [4.69, 9.17) is 24.5 Å². The van der Waals surface area contributed by atoms with E-state index in [-0.39, 0.29) is 28.7 Å². The molecule has 0 atom stereocenters. The van der Waals surface area contributed by atoms with Crippen molar-refractivity contribution in [3.8, 4) is 0 Å². The van der Waals surface area contributed by atoms with Crippen molar-refractivity contribution in [1.29, 1.82) is 0 Å². The van der Waals surface area contributed by atoms with Crippen LogP contribution in [0.5, 0.6) is 0 Å². The number of methoxy groups -OCH3 is 1. The predicted octanol–water partition coefficient (Wildman–Crippen LogP) is -0.209. The molecule has 0 spiro atoms. The molecule has 0 heterocycles. The van der Waals surface area contributed by atoms with Crippen molar-refractivity contribution >= 4 is 27.8 Å². The zero-order valence-corrected chi connectivity index (χ0v) is 20.0. The minimum Gasteiger partial charge on any atom is -0.473 e. The summed E-state index contributed by atoms with van der Waals surface area (Å²) in [5.41, 5.74) is 0. The fraction of sp³-hybridized carbons (Fsp3) is 0.550. The van der Waals surface area contributed by atoms with Gasteiger partial charge in [0.25, 0.3) is 0 Å². The fourth-order valence-electron chi connectivity index (χ4n) is 2.47.